The molecule has 8 heteroatoms. The Bertz CT molecular complexity index is 1070. The number of amidine groups is 1. The Morgan fingerprint density at radius 1 is 1.21 bits per heavy atom. The first-order valence-electron chi connectivity index (χ1n) is 9.40. The predicted octanol–water partition coefficient (Wildman–Crippen LogP) is 3.88. The van der Waals surface area contributed by atoms with E-state index in [4.69, 9.17) is 11.6 Å². The van der Waals surface area contributed by atoms with Gasteiger partial charge in [-0.2, -0.15) is 4.99 Å². The van der Waals surface area contributed by atoms with Crippen LogP contribution < -0.4 is 4.90 Å². The van der Waals surface area contributed by atoms with Crippen LogP contribution >= 0.6 is 23.4 Å². The van der Waals surface area contributed by atoms with Crippen molar-refractivity contribution in [1.82, 2.24) is 0 Å². The maximum Gasteiger partial charge on any atom is 0.248 e. The fraction of sp³-hybridized carbons (Fsp3) is 0.333. The highest BCUT2D eigenvalue weighted by Crippen LogP contribution is 2.42. The van der Waals surface area contributed by atoms with Crippen LogP contribution in [-0.4, -0.2) is 42.3 Å². The van der Waals surface area contributed by atoms with Gasteiger partial charge in [0.2, 0.25) is 5.91 Å². The molecule has 2 aromatic rings. The van der Waals surface area contributed by atoms with Crippen molar-refractivity contribution in [3.05, 3.63) is 64.7 Å². The van der Waals surface area contributed by atoms with E-state index in [2.05, 4.69) is 4.99 Å². The molecule has 0 spiro atoms. The molecule has 0 N–H and O–H groups in total. The van der Waals surface area contributed by atoms with Crippen LogP contribution in [0.5, 0.6) is 0 Å². The normalized spacial score (nSPS) is 24.1. The molecule has 0 unspecified atom stereocenters. The van der Waals surface area contributed by atoms with Crippen LogP contribution in [0.2, 0.25) is 5.02 Å². The molecule has 0 aromatic heterocycles. The lowest BCUT2D eigenvalue weighted by Crippen LogP contribution is -2.38. The van der Waals surface area contributed by atoms with Gasteiger partial charge in [0, 0.05) is 22.4 Å². The first-order valence-corrected chi connectivity index (χ1v) is 12.5. The third-order valence-electron chi connectivity index (χ3n) is 5.19. The molecular weight excluding hydrogens is 428 g/mol. The maximum absolute atomic E-state index is 12.6. The van der Waals surface area contributed by atoms with E-state index in [1.807, 2.05) is 54.3 Å². The lowest BCUT2D eigenvalue weighted by Gasteiger charge is -2.26. The van der Waals surface area contributed by atoms with Crippen molar-refractivity contribution in [1.29, 1.82) is 0 Å². The van der Waals surface area contributed by atoms with Crippen LogP contribution in [0.1, 0.15) is 17.5 Å². The molecule has 1 amide bonds. The summed E-state index contributed by atoms with van der Waals surface area (Å²) in [6.07, 6.45) is 0.933. The van der Waals surface area contributed by atoms with Crippen LogP contribution in [0.4, 0.5) is 5.69 Å². The van der Waals surface area contributed by atoms with Crippen molar-refractivity contribution in [3.8, 4) is 0 Å². The van der Waals surface area contributed by atoms with Gasteiger partial charge in [-0.05, 0) is 36.6 Å². The number of benzene rings is 2. The molecule has 152 valence electrons. The fourth-order valence-corrected chi connectivity index (χ4v) is 7.84. The van der Waals surface area contributed by atoms with Crippen LogP contribution in [-0.2, 0) is 21.1 Å². The number of nitrogens with zero attached hydrogens (tertiary/aromatic N) is 2. The number of sulfone groups is 1. The van der Waals surface area contributed by atoms with Gasteiger partial charge in [0.15, 0.2) is 15.0 Å². The number of halogens is 1. The molecule has 2 aliphatic rings. The molecule has 5 nitrogen and oxygen atoms in total. The Labute approximate surface area is 180 Å². The van der Waals surface area contributed by atoms with Gasteiger partial charge in [-0.25, -0.2) is 8.42 Å². The Morgan fingerprint density at radius 3 is 2.72 bits per heavy atom. The Hall–Kier alpha value is -1.83. The molecule has 2 atom stereocenters. The second kappa shape index (κ2) is 8.13. The highest BCUT2D eigenvalue weighted by Gasteiger charge is 2.49. The van der Waals surface area contributed by atoms with Gasteiger partial charge in [-0.15, -0.1) is 0 Å². The number of aliphatic imine (C=N–C) groups is 1. The Morgan fingerprint density at radius 2 is 1.97 bits per heavy atom. The van der Waals surface area contributed by atoms with E-state index in [0.717, 1.165) is 16.8 Å². The molecule has 2 fully saturated rings. The van der Waals surface area contributed by atoms with Crippen molar-refractivity contribution >= 4 is 50.0 Å². The van der Waals surface area contributed by atoms with Crippen molar-refractivity contribution < 1.29 is 13.2 Å². The number of hydrogen-bond donors (Lipinski definition) is 0. The number of anilines is 1. The van der Waals surface area contributed by atoms with Crippen molar-refractivity contribution in [2.45, 2.75) is 31.1 Å². The number of carbonyl (C=O) groups is 1. The fourth-order valence-electron chi connectivity index (χ4n) is 3.75. The van der Waals surface area contributed by atoms with E-state index in [-0.39, 0.29) is 28.7 Å². The van der Waals surface area contributed by atoms with E-state index in [1.54, 1.807) is 6.07 Å². The summed E-state index contributed by atoms with van der Waals surface area (Å²) in [6, 6.07) is 15.1. The molecule has 2 aromatic carbocycles. The summed E-state index contributed by atoms with van der Waals surface area (Å²) in [5.74, 6) is -0.0346. The average molecular weight is 449 g/mol. The molecule has 29 heavy (non-hydrogen) atoms. The summed E-state index contributed by atoms with van der Waals surface area (Å²) in [6.45, 7) is 1.95. The highest BCUT2D eigenvalue weighted by molar-refractivity contribution is 8.16. The van der Waals surface area contributed by atoms with Gasteiger partial charge < -0.3 is 4.90 Å². The molecular formula is C21H21ClN2O3S2. The Balaban J connectivity index is 1.61. The minimum absolute atomic E-state index is 0.0633. The largest absolute Gasteiger partial charge is 0.315 e. The zero-order valence-electron chi connectivity index (χ0n) is 15.9. The summed E-state index contributed by atoms with van der Waals surface area (Å²) >= 11 is 7.59. The second-order valence-corrected chi connectivity index (χ2v) is 11.2. The lowest BCUT2D eigenvalue weighted by atomic mass is 10.1. The topological polar surface area (TPSA) is 66.8 Å². The number of hydrogen-bond acceptors (Lipinski definition) is 4. The smallest absolute Gasteiger partial charge is 0.248 e. The maximum atomic E-state index is 12.6. The number of rotatable bonds is 4. The minimum atomic E-state index is -3.10. The number of amides is 1. The second-order valence-electron chi connectivity index (χ2n) is 7.38. The van der Waals surface area contributed by atoms with E-state index in [1.165, 1.54) is 11.8 Å². The molecule has 0 saturated carbocycles. The summed E-state index contributed by atoms with van der Waals surface area (Å²) in [5.41, 5.74) is 2.86. The third-order valence-corrected chi connectivity index (χ3v) is 8.63. The van der Waals surface area contributed by atoms with Gasteiger partial charge in [-0.1, -0.05) is 59.8 Å². The molecule has 0 bridgehead atoms. The van der Waals surface area contributed by atoms with E-state index in [9.17, 15) is 13.2 Å². The Kier molecular flexibility index (Phi) is 5.73. The highest BCUT2D eigenvalue weighted by atomic mass is 35.5. The summed E-state index contributed by atoms with van der Waals surface area (Å²) in [7, 11) is -3.10. The van der Waals surface area contributed by atoms with Crippen molar-refractivity contribution in [2.75, 3.05) is 16.4 Å². The van der Waals surface area contributed by atoms with Crippen LogP contribution in [0.3, 0.4) is 0 Å². The summed E-state index contributed by atoms with van der Waals surface area (Å²) < 4.78 is 24.4. The molecule has 2 heterocycles. The SMILES string of the molecule is Cc1ccc(Cl)cc1N1C(=NC(=O)CCc2ccccc2)S[C@H]2CS(=O)(=O)C[C@H]21. The van der Waals surface area contributed by atoms with Gasteiger partial charge in [0.05, 0.1) is 17.5 Å². The quantitative estimate of drug-likeness (QED) is 0.710. The minimum Gasteiger partial charge on any atom is -0.315 e. The average Bonchev–Trinajstić information content (AvgIpc) is 3.14. The van der Waals surface area contributed by atoms with Crippen molar-refractivity contribution in [3.63, 3.8) is 0 Å². The zero-order chi connectivity index (χ0) is 20.6. The monoisotopic (exact) mass is 448 g/mol. The van der Waals surface area contributed by atoms with Crippen molar-refractivity contribution in [2.24, 2.45) is 4.99 Å². The molecule has 0 aliphatic carbocycles. The first-order chi connectivity index (χ1) is 13.8. The first kappa shape index (κ1) is 20.4. The summed E-state index contributed by atoms with van der Waals surface area (Å²) in [5, 5.41) is 1.01. The lowest BCUT2D eigenvalue weighted by molar-refractivity contribution is -0.117. The number of thioether (sulfide) groups is 1. The summed E-state index contributed by atoms with van der Waals surface area (Å²) in [4.78, 5) is 18.9. The van der Waals surface area contributed by atoms with Crippen LogP contribution in [0.25, 0.3) is 0 Å². The van der Waals surface area contributed by atoms with Gasteiger partial charge in [0.1, 0.15) is 0 Å². The molecule has 2 saturated heterocycles. The number of carbonyl (C=O) groups excluding carboxylic acids is 1. The number of aryl methyl sites for hydroxylation is 2. The zero-order valence-corrected chi connectivity index (χ0v) is 18.3. The molecule has 4 rings (SSSR count). The van der Waals surface area contributed by atoms with Gasteiger partial charge in [0.25, 0.3) is 0 Å². The third kappa shape index (κ3) is 4.52. The predicted molar refractivity (Wildman–Crippen MR) is 120 cm³/mol. The number of fused-ring (bicyclic) bond motifs is 1. The van der Waals surface area contributed by atoms with E-state index in [0.29, 0.717) is 23.0 Å². The van der Waals surface area contributed by atoms with Gasteiger partial charge >= 0.3 is 0 Å². The van der Waals surface area contributed by atoms with E-state index >= 15 is 0 Å². The van der Waals surface area contributed by atoms with Gasteiger partial charge in [-0.3, -0.25) is 4.79 Å². The van der Waals surface area contributed by atoms with Crippen LogP contribution in [0.15, 0.2) is 53.5 Å². The van der Waals surface area contributed by atoms with Crippen LogP contribution in [0, 0.1) is 6.92 Å². The van der Waals surface area contributed by atoms with E-state index < -0.39 is 9.84 Å². The standard InChI is InChI=1S/C21H21ClN2O3S2/c1-14-7-9-16(22)11-17(14)24-18-12-29(26,27)13-19(18)28-21(24)23-20(25)10-8-15-5-3-2-4-6-15/h2-7,9,11,18-19H,8,10,12-13H2,1H3/t18-,19+/m1/s1. The molecule has 2 aliphatic heterocycles. The molecule has 0 radical (unpaired) electrons.